The van der Waals surface area contributed by atoms with Crippen molar-refractivity contribution in [3.63, 3.8) is 0 Å². The maximum Gasteiger partial charge on any atom is 0.283 e. The molecule has 3 aromatic heterocycles. The molecule has 7 nitrogen and oxygen atoms in total. The highest BCUT2D eigenvalue weighted by atomic mass is 32.2. The van der Waals surface area contributed by atoms with Crippen LogP contribution in [-0.2, 0) is 0 Å². The van der Waals surface area contributed by atoms with Crippen LogP contribution in [0, 0.1) is 11.6 Å². The van der Waals surface area contributed by atoms with Crippen molar-refractivity contribution in [3.05, 3.63) is 72.6 Å². The summed E-state index contributed by atoms with van der Waals surface area (Å²) in [6.07, 6.45) is 1.37. The van der Waals surface area contributed by atoms with Crippen molar-refractivity contribution in [2.75, 3.05) is 0 Å². The lowest BCUT2D eigenvalue weighted by Gasteiger charge is -2.05. The molecule has 142 valence electrons. The molecular formula is C19H10F2N6OS. The Labute approximate surface area is 166 Å². The van der Waals surface area contributed by atoms with Crippen LogP contribution in [0.15, 0.2) is 75.6 Å². The van der Waals surface area contributed by atoms with Crippen LogP contribution in [0.2, 0.25) is 0 Å². The highest BCUT2D eigenvalue weighted by Gasteiger charge is 2.15. The van der Waals surface area contributed by atoms with Gasteiger partial charge in [-0.2, -0.15) is 14.6 Å². The Morgan fingerprint density at radius 2 is 1.66 bits per heavy atom. The predicted octanol–water partition coefficient (Wildman–Crippen LogP) is 4.27. The quantitative estimate of drug-likeness (QED) is 0.411. The molecule has 0 N–H and O–H groups in total. The van der Waals surface area contributed by atoms with Gasteiger partial charge in [0, 0.05) is 11.1 Å². The molecular weight excluding hydrogens is 398 g/mol. The van der Waals surface area contributed by atoms with Crippen LogP contribution in [0.1, 0.15) is 0 Å². The van der Waals surface area contributed by atoms with Gasteiger partial charge in [0.25, 0.3) is 11.0 Å². The molecule has 2 aromatic carbocycles. The second-order valence-corrected chi connectivity index (χ2v) is 6.92. The number of hydrogen-bond donors (Lipinski definition) is 0. The van der Waals surface area contributed by atoms with Crippen LogP contribution in [-0.4, -0.2) is 29.8 Å². The molecule has 5 rings (SSSR count). The van der Waals surface area contributed by atoms with E-state index in [1.807, 2.05) is 0 Å². The minimum atomic E-state index is -0.395. The molecule has 0 fully saturated rings. The van der Waals surface area contributed by atoms with Crippen LogP contribution < -0.4 is 0 Å². The van der Waals surface area contributed by atoms with E-state index in [1.165, 1.54) is 35.1 Å². The fraction of sp³-hybridized carbons (Fsp3) is 0. The van der Waals surface area contributed by atoms with Crippen molar-refractivity contribution in [2.45, 2.75) is 10.2 Å². The largest absolute Gasteiger partial charge is 0.411 e. The van der Waals surface area contributed by atoms with Gasteiger partial charge >= 0.3 is 0 Å². The highest BCUT2D eigenvalue weighted by molar-refractivity contribution is 7.99. The van der Waals surface area contributed by atoms with E-state index < -0.39 is 5.82 Å². The standard InChI is InChI=1S/C19H10F2N6OS/c20-13-5-1-3-11(7-13)15-9-16(27-18(24-15)22-10-23-27)29-19-26-25-17(28-19)12-4-2-6-14(21)8-12/h1-10H. The van der Waals surface area contributed by atoms with Gasteiger partial charge < -0.3 is 4.42 Å². The Kier molecular flexibility index (Phi) is 4.24. The van der Waals surface area contributed by atoms with E-state index >= 15 is 0 Å². The van der Waals surface area contributed by atoms with Crippen LogP contribution in [0.4, 0.5) is 8.78 Å². The molecule has 0 spiro atoms. The minimum Gasteiger partial charge on any atom is -0.411 e. The third kappa shape index (κ3) is 3.45. The number of rotatable bonds is 4. The number of halogens is 2. The summed E-state index contributed by atoms with van der Waals surface area (Å²) >= 11 is 1.15. The number of fused-ring (bicyclic) bond motifs is 1. The van der Waals surface area contributed by atoms with Crippen molar-refractivity contribution in [2.24, 2.45) is 0 Å². The molecule has 5 aromatic rings. The van der Waals surface area contributed by atoms with Gasteiger partial charge in [-0.15, -0.1) is 10.2 Å². The second kappa shape index (κ2) is 7.06. The molecule has 0 aliphatic carbocycles. The van der Waals surface area contributed by atoms with Gasteiger partial charge in [0.05, 0.1) is 5.69 Å². The van der Waals surface area contributed by atoms with Crippen LogP contribution in [0.3, 0.4) is 0 Å². The number of aromatic nitrogens is 6. The predicted molar refractivity (Wildman–Crippen MR) is 100.0 cm³/mol. The molecule has 29 heavy (non-hydrogen) atoms. The SMILES string of the molecule is Fc1cccc(-c2cc(Sc3nnc(-c4cccc(F)c4)o3)n3ncnc3n2)c1. The van der Waals surface area contributed by atoms with Gasteiger partial charge in [0.1, 0.15) is 23.0 Å². The molecule has 0 aliphatic rings. The van der Waals surface area contributed by atoms with E-state index in [0.29, 0.717) is 27.6 Å². The van der Waals surface area contributed by atoms with Gasteiger partial charge in [-0.25, -0.2) is 13.8 Å². The Bertz CT molecular complexity index is 1340. The van der Waals surface area contributed by atoms with E-state index in [1.54, 1.807) is 30.3 Å². The summed E-state index contributed by atoms with van der Waals surface area (Å²) in [5, 5.41) is 13.0. The van der Waals surface area contributed by atoms with E-state index in [9.17, 15) is 8.78 Å². The maximum atomic E-state index is 13.6. The lowest BCUT2D eigenvalue weighted by molar-refractivity contribution is 0.465. The number of hydrogen-bond acceptors (Lipinski definition) is 7. The van der Waals surface area contributed by atoms with Gasteiger partial charge in [-0.05, 0) is 48.2 Å². The Hall–Kier alpha value is -3.66. The summed E-state index contributed by atoms with van der Waals surface area (Å²) in [6.45, 7) is 0. The topological polar surface area (TPSA) is 82.0 Å². The molecule has 0 saturated heterocycles. The molecule has 0 unspecified atom stereocenters. The first-order chi connectivity index (χ1) is 14.2. The lowest BCUT2D eigenvalue weighted by Crippen LogP contribution is -1.97. The zero-order valence-electron chi connectivity index (χ0n) is 14.5. The Balaban J connectivity index is 1.53. The normalized spacial score (nSPS) is 11.2. The highest BCUT2D eigenvalue weighted by Crippen LogP contribution is 2.31. The summed E-state index contributed by atoms with van der Waals surface area (Å²) in [4.78, 5) is 8.53. The third-order valence-corrected chi connectivity index (χ3v) is 4.85. The molecule has 0 atom stereocenters. The smallest absolute Gasteiger partial charge is 0.283 e. The molecule has 0 bridgehead atoms. The summed E-state index contributed by atoms with van der Waals surface area (Å²) in [7, 11) is 0. The van der Waals surface area contributed by atoms with E-state index in [4.69, 9.17) is 4.42 Å². The summed E-state index contributed by atoms with van der Waals surface area (Å²) < 4.78 is 34.2. The summed E-state index contributed by atoms with van der Waals surface area (Å²) in [5.74, 6) is -0.218. The first kappa shape index (κ1) is 17.4. The van der Waals surface area contributed by atoms with E-state index in [0.717, 1.165) is 11.8 Å². The molecule has 0 radical (unpaired) electrons. The molecule has 0 amide bonds. The van der Waals surface area contributed by atoms with Crippen molar-refractivity contribution in [1.29, 1.82) is 0 Å². The third-order valence-electron chi connectivity index (χ3n) is 4.01. The van der Waals surface area contributed by atoms with E-state index in [2.05, 4.69) is 25.3 Å². The van der Waals surface area contributed by atoms with Gasteiger partial charge in [-0.1, -0.05) is 18.2 Å². The van der Waals surface area contributed by atoms with E-state index in [-0.39, 0.29) is 16.9 Å². The van der Waals surface area contributed by atoms with Gasteiger partial charge in [-0.3, -0.25) is 0 Å². The van der Waals surface area contributed by atoms with Crippen molar-refractivity contribution in [3.8, 4) is 22.7 Å². The Morgan fingerprint density at radius 3 is 2.45 bits per heavy atom. The summed E-state index contributed by atoms with van der Waals surface area (Å²) in [5.41, 5.74) is 1.60. The Morgan fingerprint density at radius 1 is 0.897 bits per heavy atom. The average Bonchev–Trinajstić information content (AvgIpc) is 3.37. The van der Waals surface area contributed by atoms with Crippen molar-refractivity contribution in [1.82, 2.24) is 29.8 Å². The number of nitrogens with zero attached hydrogens (tertiary/aromatic N) is 6. The zero-order chi connectivity index (χ0) is 19.8. The molecule has 10 heteroatoms. The van der Waals surface area contributed by atoms with Crippen molar-refractivity contribution >= 4 is 17.5 Å². The number of benzene rings is 2. The molecule has 3 heterocycles. The van der Waals surface area contributed by atoms with Crippen LogP contribution in [0.5, 0.6) is 0 Å². The minimum absolute atomic E-state index is 0.196. The average molecular weight is 408 g/mol. The zero-order valence-corrected chi connectivity index (χ0v) is 15.3. The fourth-order valence-corrected chi connectivity index (χ4v) is 3.50. The molecule has 0 aliphatic heterocycles. The van der Waals surface area contributed by atoms with Crippen LogP contribution >= 0.6 is 11.8 Å². The second-order valence-electron chi connectivity index (χ2n) is 5.95. The maximum absolute atomic E-state index is 13.6. The van der Waals surface area contributed by atoms with Crippen LogP contribution in [0.25, 0.3) is 28.5 Å². The first-order valence-corrected chi connectivity index (χ1v) is 9.21. The van der Waals surface area contributed by atoms with Crippen molar-refractivity contribution < 1.29 is 13.2 Å². The first-order valence-electron chi connectivity index (χ1n) is 8.40. The van der Waals surface area contributed by atoms with Gasteiger partial charge in [0.15, 0.2) is 0 Å². The molecule has 0 saturated carbocycles. The fourth-order valence-electron chi connectivity index (χ4n) is 2.73. The van der Waals surface area contributed by atoms with Gasteiger partial charge in [0.2, 0.25) is 5.89 Å². The monoisotopic (exact) mass is 408 g/mol. The summed E-state index contributed by atoms with van der Waals surface area (Å²) in [6, 6.07) is 13.7. The lowest BCUT2D eigenvalue weighted by atomic mass is 10.1.